The summed E-state index contributed by atoms with van der Waals surface area (Å²) >= 11 is 0. The molecule has 0 aliphatic rings. The highest BCUT2D eigenvalue weighted by Gasteiger charge is 2.15. The molecule has 0 heterocycles. The minimum atomic E-state index is -0.447. The van der Waals surface area contributed by atoms with E-state index in [9.17, 15) is 4.79 Å². The van der Waals surface area contributed by atoms with E-state index in [1.54, 1.807) is 25.1 Å². The molecule has 94 valence electrons. The Morgan fingerprint density at radius 2 is 2.06 bits per heavy atom. The second kappa shape index (κ2) is 6.75. The third-order valence-electron chi connectivity index (χ3n) is 2.01. The summed E-state index contributed by atoms with van der Waals surface area (Å²) in [5, 5.41) is 0. The van der Waals surface area contributed by atoms with Gasteiger partial charge >= 0.3 is 5.97 Å². The molecule has 0 unspecified atom stereocenters. The molecular weight excluding hydrogens is 224 g/mol. The van der Waals surface area contributed by atoms with E-state index < -0.39 is 5.97 Å². The summed E-state index contributed by atoms with van der Waals surface area (Å²) in [6, 6.07) is 4.92. The maximum atomic E-state index is 11.7. The van der Waals surface area contributed by atoms with Crippen molar-refractivity contribution in [3.63, 3.8) is 0 Å². The Balaban J connectivity index is 2.98. The van der Waals surface area contributed by atoms with Crippen molar-refractivity contribution in [2.24, 2.45) is 0 Å². The van der Waals surface area contributed by atoms with Gasteiger partial charge in [-0.25, -0.2) is 4.79 Å². The molecule has 0 bridgehead atoms. The number of rotatable bonds is 6. The Labute approximate surface area is 100 Å². The maximum absolute atomic E-state index is 11.7. The molecule has 0 aliphatic carbocycles. The largest absolute Gasteiger partial charge is 0.497 e. The van der Waals surface area contributed by atoms with E-state index in [2.05, 4.69) is 0 Å². The SMILES string of the molecule is CCOC(=O)c1cc(OC)ccc1OCOC. The van der Waals surface area contributed by atoms with Gasteiger partial charge in [-0.15, -0.1) is 0 Å². The van der Waals surface area contributed by atoms with E-state index in [0.717, 1.165) is 0 Å². The van der Waals surface area contributed by atoms with Crippen LogP contribution >= 0.6 is 0 Å². The zero-order valence-electron chi connectivity index (χ0n) is 10.2. The lowest BCUT2D eigenvalue weighted by atomic mass is 10.2. The summed E-state index contributed by atoms with van der Waals surface area (Å²) in [6.45, 7) is 2.12. The van der Waals surface area contributed by atoms with E-state index in [1.165, 1.54) is 14.2 Å². The first-order chi connectivity index (χ1) is 8.22. The van der Waals surface area contributed by atoms with Gasteiger partial charge in [0, 0.05) is 7.11 Å². The third-order valence-corrected chi connectivity index (χ3v) is 2.01. The quantitative estimate of drug-likeness (QED) is 0.561. The molecule has 0 fully saturated rings. The molecule has 0 atom stereocenters. The number of methoxy groups -OCH3 is 2. The van der Waals surface area contributed by atoms with Gasteiger partial charge in [0.25, 0.3) is 0 Å². The molecule has 0 aromatic heterocycles. The second-order valence-electron chi connectivity index (χ2n) is 3.13. The molecule has 1 rings (SSSR count). The van der Waals surface area contributed by atoms with Gasteiger partial charge in [0.05, 0.1) is 13.7 Å². The normalized spacial score (nSPS) is 9.82. The van der Waals surface area contributed by atoms with Crippen molar-refractivity contribution in [3.8, 4) is 11.5 Å². The highest BCUT2D eigenvalue weighted by atomic mass is 16.7. The predicted octanol–water partition coefficient (Wildman–Crippen LogP) is 1.85. The summed E-state index contributed by atoms with van der Waals surface area (Å²) < 4.78 is 20.0. The highest BCUT2D eigenvalue weighted by Crippen LogP contribution is 2.25. The van der Waals surface area contributed by atoms with E-state index in [-0.39, 0.29) is 6.79 Å². The molecule has 1 aromatic carbocycles. The number of carbonyl (C=O) groups is 1. The summed E-state index contributed by atoms with van der Waals surface area (Å²) in [7, 11) is 3.04. The first-order valence-corrected chi connectivity index (χ1v) is 5.19. The summed E-state index contributed by atoms with van der Waals surface area (Å²) in [6.07, 6.45) is 0. The molecule has 5 nitrogen and oxygen atoms in total. The number of hydrogen-bond acceptors (Lipinski definition) is 5. The summed E-state index contributed by atoms with van der Waals surface area (Å²) in [4.78, 5) is 11.7. The molecule has 0 saturated carbocycles. The lowest BCUT2D eigenvalue weighted by molar-refractivity contribution is 0.0437. The number of benzene rings is 1. The average Bonchev–Trinajstić information content (AvgIpc) is 2.36. The van der Waals surface area contributed by atoms with Crippen LogP contribution in [0, 0.1) is 0 Å². The lowest BCUT2D eigenvalue weighted by Crippen LogP contribution is -2.09. The van der Waals surface area contributed by atoms with Crippen LogP contribution in [0.4, 0.5) is 0 Å². The van der Waals surface area contributed by atoms with Crippen molar-refractivity contribution in [1.82, 2.24) is 0 Å². The van der Waals surface area contributed by atoms with Crippen LogP contribution in [-0.4, -0.2) is 33.6 Å². The average molecular weight is 240 g/mol. The monoisotopic (exact) mass is 240 g/mol. The Kier molecular flexibility index (Phi) is 5.29. The topological polar surface area (TPSA) is 54.0 Å². The van der Waals surface area contributed by atoms with Gasteiger partial charge in [-0.3, -0.25) is 0 Å². The smallest absolute Gasteiger partial charge is 0.342 e. The molecular formula is C12H16O5. The fourth-order valence-electron chi connectivity index (χ4n) is 1.25. The molecule has 0 spiro atoms. The first kappa shape index (κ1) is 13.3. The van der Waals surface area contributed by atoms with Crippen LogP contribution in [0.25, 0.3) is 0 Å². The number of esters is 1. The number of carbonyl (C=O) groups excluding carboxylic acids is 1. The summed E-state index contributed by atoms with van der Waals surface area (Å²) in [5.74, 6) is 0.529. The van der Waals surface area contributed by atoms with Crippen molar-refractivity contribution >= 4 is 5.97 Å². The standard InChI is InChI=1S/C12H16O5/c1-4-16-12(13)10-7-9(15-3)5-6-11(10)17-8-14-2/h5-7H,4,8H2,1-3H3. The molecule has 5 heteroatoms. The van der Waals surface area contributed by atoms with Crippen molar-refractivity contribution in [1.29, 1.82) is 0 Å². The minimum absolute atomic E-state index is 0.0682. The number of ether oxygens (including phenoxy) is 4. The van der Waals surface area contributed by atoms with Gasteiger partial charge in [0.15, 0.2) is 6.79 Å². The van der Waals surface area contributed by atoms with Crippen LogP contribution in [-0.2, 0) is 9.47 Å². The van der Waals surface area contributed by atoms with E-state index in [0.29, 0.717) is 23.7 Å². The van der Waals surface area contributed by atoms with Crippen LogP contribution in [0.2, 0.25) is 0 Å². The van der Waals surface area contributed by atoms with Gasteiger partial charge in [-0.2, -0.15) is 0 Å². The molecule has 0 aliphatic heterocycles. The lowest BCUT2D eigenvalue weighted by Gasteiger charge is -2.11. The fraction of sp³-hybridized carbons (Fsp3) is 0.417. The maximum Gasteiger partial charge on any atom is 0.342 e. The van der Waals surface area contributed by atoms with Crippen LogP contribution in [0.1, 0.15) is 17.3 Å². The van der Waals surface area contributed by atoms with Crippen molar-refractivity contribution in [2.45, 2.75) is 6.92 Å². The van der Waals surface area contributed by atoms with Crippen LogP contribution in [0.5, 0.6) is 11.5 Å². The number of hydrogen-bond donors (Lipinski definition) is 0. The Morgan fingerprint density at radius 1 is 1.29 bits per heavy atom. The Hall–Kier alpha value is -1.75. The van der Waals surface area contributed by atoms with Crippen LogP contribution in [0.15, 0.2) is 18.2 Å². The third kappa shape index (κ3) is 3.64. The van der Waals surface area contributed by atoms with Crippen molar-refractivity contribution in [2.75, 3.05) is 27.6 Å². The molecule has 0 saturated heterocycles. The van der Waals surface area contributed by atoms with E-state index in [4.69, 9.17) is 18.9 Å². The predicted molar refractivity (Wildman–Crippen MR) is 61.5 cm³/mol. The molecule has 0 amide bonds. The van der Waals surface area contributed by atoms with Crippen molar-refractivity contribution in [3.05, 3.63) is 23.8 Å². The zero-order chi connectivity index (χ0) is 12.7. The van der Waals surface area contributed by atoms with Crippen LogP contribution in [0.3, 0.4) is 0 Å². The van der Waals surface area contributed by atoms with Gasteiger partial charge in [-0.1, -0.05) is 0 Å². The fourth-order valence-corrected chi connectivity index (χ4v) is 1.25. The van der Waals surface area contributed by atoms with Gasteiger partial charge in [0.2, 0.25) is 0 Å². The van der Waals surface area contributed by atoms with Crippen LogP contribution < -0.4 is 9.47 Å². The zero-order valence-corrected chi connectivity index (χ0v) is 10.2. The molecule has 0 radical (unpaired) electrons. The van der Waals surface area contributed by atoms with Gasteiger partial charge in [-0.05, 0) is 25.1 Å². The van der Waals surface area contributed by atoms with E-state index >= 15 is 0 Å². The molecule has 17 heavy (non-hydrogen) atoms. The second-order valence-corrected chi connectivity index (χ2v) is 3.13. The Morgan fingerprint density at radius 3 is 2.65 bits per heavy atom. The van der Waals surface area contributed by atoms with Crippen molar-refractivity contribution < 1.29 is 23.7 Å². The van der Waals surface area contributed by atoms with Gasteiger partial charge < -0.3 is 18.9 Å². The van der Waals surface area contributed by atoms with E-state index in [1.807, 2.05) is 0 Å². The Bertz CT molecular complexity index is 375. The highest BCUT2D eigenvalue weighted by molar-refractivity contribution is 5.93. The van der Waals surface area contributed by atoms with Gasteiger partial charge in [0.1, 0.15) is 17.1 Å². The first-order valence-electron chi connectivity index (χ1n) is 5.19. The summed E-state index contributed by atoms with van der Waals surface area (Å²) in [5.41, 5.74) is 0.322. The minimum Gasteiger partial charge on any atom is -0.497 e. The molecule has 1 aromatic rings. The molecule has 0 N–H and O–H groups in total.